The van der Waals surface area contributed by atoms with Crippen LogP contribution in [-0.2, 0) is 4.79 Å². The zero-order chi connectivity index (χ0) is 9.68. The summed E-state index contributed by atoms with van der Waals surface area (Å²) in [6, 6.07) is 0. The summed E-state index contributed by atoms with van der Waals surface area (Å²) >= 11 is 5.79. The standard InChI is InChI=1S/C10H16ClNO/c1-2-9(11)10(13)12-7-5-3-4-6-8-12/h2,9H,1,3-8H2. The number of halogens is 1. The molecule has 1 saturated heterocycles. The highest BCUT2D eigenvalue weighted by atomic mass is 35.5. The van der Waals surface area contributed by atoms with Crippen LogP contribution in [0.1, 0.15) is 25.7 Å². The van der Waals surface area contributed by atoms with Gasteiger partial charge in [-0.15, -0.1) is 18.2 Å². The van der Waals surface area contributed by atoms with E-state index in [0.717, 1.165) is 25.9 Å². The van der Waals surface area contributed by atoms with Gasteiger partial charge in [0.05, 0.1) is 0 Å². The molecule has 1 aliphatic heterocycles. The molecule has 74 valence electrons. The minimum atomic E-state index is -0.543. The molecule has 0 radical (unpaired) electrons. The summed E-state index contributed by atoms with van der Waals surface area (Å²) in [5.74, 6) is 0.0126. The zero-order valence-corrected chi connectivity index (χ0v) is 8.59. The van der Waals surface area contributed by atoms with Gasteiger partial charge in [-0.3, -0.25) is 4.79 Å². The lowest BCUT2D eigenvalue weighted by Gasteiger charge is -2.21. The zero-order valence-electron chi connectivity index (χ0n) is 7.84. The van der Waals surface area contributed by atoms with E-state index in [1.54, 1.807) is 0 Å². The van der Waals surface area contributed by atoms with Crippen LogP contribution in [0.25, 0.3) is 0 Å². The molecule has 0 aromatic rings. The lowest BCUT2D eigenvalue weighted by atomic mass is 10.2. The van der Waals surface area contributed by atoms with Gasteiger partial charge < -0.3 is 4.90 Å². The van der Waals surface area contributed by atoms with Gasteiger partial charge in [0.1, 0.15) is 5.38 Å². The summed E-state index contributed by atoms with van der Waals surface area (Å²) in [5, 5.41) is -0.543. The van der Waals surface area contributed by atoms with Crippen molar-refractivity contribution in [2.75, 3.05) is 13.1 Å². The van der Waals surface area contributed by atoms with Gasteiger partial charge in [0.25, 0.3) is 0 Å². The van der Waals surface area contributed by atoms with E-state index in [-0.39, 0.29) is 5.91 Å². The molecule has 1 unspecified atom stereocenters. The van der Waals surface area contributed by atoms with Crippen molar-refractivity contribution < 1.29 is 4.79 Å². The Hall–Kier alpha value is -0.500. The fraction of sp³-hybridized carbons (Fsp3) is 0.700. The molecular formula is C10H16ClNO. The molecule has 0 aromatic heterocycles. The molecule has 1 amide bonds. The van der Waals surface area contributed by atoms with Crippen molar-refractivity contribution in [2.45, 2.75) is 31.1 Å². The Balaban J connectivity index is 2.48. The van der Waals surface area contributed by atoms with Crippen molar-refractivity contribution in [3.8, 4) is 0 Å². The summed E-state index contributed by atoms with van der Waals surface area (Å²) in [4.78, 5) is 13.5. The van der Waals surface area contributed by atoms with E-state index in [9.17, 15) is 4.79 Å². The van der Waals surface area contributed by atoms with Crippen LogP contribution in [0.15, 0.2) is 12.7 Å². The van der Waals surface area contributed by atoms with Crippen LogP contribution in [0.5, 0.6) is 0 Å². The molecule has 0 N–H and O–H groups in total. The maximum atomic E-state index is 11.6. The largest absolute Gasteiger partial charge is 0.341 e. The number of carbonyl (C=O) groups is 1. The van der Waals surface area contributed by atoms with Crippen LogP contribution in [0.3, 0.4) is 0 Å². The first-order chi connectivity index (χ1) is 6.25. The number of hydrogen-bond donors (Lipinski definition) is 0. The Morgan fingerprint density at radius 1 is 1.31 bits per heavy atom. The van der Waals surface area contributed by atoms with E-state index in [1.165, 1.54) is 18.9 Å². The van der Waals surface area contributed by atoms with Crippen molar-refractivity contribution in [1.29, 1.82) is 0 Å². The van der Waals surface area contributed by atoms with Crippen LogP contribution in [0.4, 0.5) is 0 Å². The van der Waals surface area contributed by atoms with Crippen LogP contribution in [0, 0.1) is 0 Å². The van der Waals surface area contributed by atoms with Crippen molar-refractivity contribution in [1.82, 2.24) is 4.90 Å². The maximum Gasteiger partial charge on any atom is 0.244 e. The second kappa shape index (κ2) is 5.28. The summed E-state index contributed by atoms with van der Waals surface area (Å²) in [6.07, 6.45) is 6.16. The first kappa shape index (κ1) is 10.6. The number of nitrogens with zero attached hydrogens (tertiary/aromatic N) is 1. The fourth-order valence-electron chi connectivity index (χ4n) is 1.57. The van der Waals surface area contributed by atoms with E-state index >= 15 is 0 Å². The highest BCUT2D eigenvalue weighted by Crippen LogP contribution is 2.12. The molecule has 0 aromatic carbocycles. The monoisotopic (exact) mass is 201 g/mol. The minimum absolute atomic E-state index is 0.0126. The highest BCUT2D eigenvalue weighted by Gasteiger charge is 2.20. The summed E-state index contributed by atoms with van der Waals surface area (Å²) in [5.41, 5.74) is 0. The predicted molar refractivity (Wildman–Crippen MR) is 54.9 cm³/mol. The van der Waals surface area contributed by atoms with Crippen molar-refractivity contribution in [3.05, 3.63) is 12.7 Å². The lowest BCUT2D eigenvalue weighted by Crippen LogP contribution is -2.36. The van der Waals surface area contributed by atoms with E-state index in [4.69, 9.17) is 11.6 Å². The summed E-state index contributed by atoms with van der Waals surface area (Å²) in [6.45, 7) is 5.23. The van der Waals surface area contributed by atoms with Crippen molar-refractivity contribution in [2.24, 2.45) is 0 Å². The lowest BCUT2D eigenvalue weighted by molar-refractivity contribution is -0.129. The van der Waals surface area contributed by atoms with Gasteiger partial charge >= 0.3 is 0 Å². The number of hydrogen-bond acceptors (Lipinski definition) is 1. The molecule has 0 spiro atoms. The quantitative estimate of drug-likeness (QED) is 0.496. The van der Waals surface area contributed by atoms with Gasteiger partial charge in [-0.05, 0) is 12.8 Å². The molecular weight excluding hydrogens is 186 g/mol. The SMILES string of the molecule is C=CC(Cl)C(=O)N1CCCCCC1. The van der Waals surface area contributed by atoms with Crippen LogP contribution < -0.4 is 0 Å². The Morgan fingerprint density at radius 3 is 2.31 bits per heavy atom. The van der Waals surface area contributed by atoms with E-state index in [2.05, 4.69) is 6.58 Å². The Kier molecular flexibility index (Phi) is 4.29. The molecule has 1 atom stereocenters. The van der Waals surface area contributed by atoms with Gasteiger partial charge in [-0.2, -0.15) is 0 Å². The average Bonchev–Trinajstić information content (AvgIpc) is 2.43. The Labute approximate surface area is 84.6 Å². The maximum absolute atomic E-state index is 11.6. The van der Waals surface area contributed by atoms with Gasteiger partial charge in [0.15, 0.2) is 0 Å². The van der Waals surface area contributed by atoms with Gasteiger partial charge in [-0.1, -0.05) is 18.9 Å². The third kappa shape index (κ3) is 3.03. The number of likely N-dealkylation sites (tertiary alicyclic amines) is 1. The second-order valence-corrected chi connectivity index (χ2v) is 3.85. The topological polar surface area (TPSA) is 20.3 Å². The van der Waals surface area contributed by atoms with Gasteiger partial charge in [0, 0.05) is 13.1 Å². The van der Waals surface area contributed by atoms with E-state index in [1.807, 2.05) is 4.90 Å². The molecule has 0 bridgehead atoms. The Bertz CT molecular complexity index is 185. The second-order valence-electron chi connectivity index (χ2n) is 3.38. The van der Waals surface area contributed by atoms with Crippen molar-refractivity contribution >= 4 is 17.5 Å². The predicted octanol–water partition coefficient (Wildman–Crippen LogP) is 2.18. The first-order valence-electron chi connectivity index (χ1n) is 4.81. The van der Waals surface area contributed by atoms with Gasteiger partial charge in [0.2, 0.25) is 5.91 Å². The minimum Gasteiger partial charge on any atom is -0.341 e. The van der Waals surface area contributed by atoms with E-state index in [0.29, 0.717) is 0 Å². The van der Waals surface area contributed by atoms with Crippen molar-refractivity contribution in [3.63, 3.8) is 0 Å². The molecule has 1 heterocycles. The molecule has 13 heavy (non-hydrogen) atoms. The first-order valence-corrected chi connectivity index (χ1v) is 5.25. The van der Waals surface area contributed by atoms with Gasteiger partial charge in [-0.25, -0.2) is 0 Å². The number of alkyl halides is 1. The fourth-order valence-corrected chi connectivity index (χ4v) is 1.70. The molecule has 2 nitrogen and oxygen atoms in total. The molecule has 1 aliphatic rings. The van der Waals surface area contributed by atoms with Crippen LogP contribution >= 0.6 is 11.6 Å². The number of carbonyl (C=O) groups excluding carboxylic acids is 1. The average molecular weight is 202 g/mol. The Morgan fingerprint density at radius 2 is 1.85 bits per heavy atom. The molecule has 0 saturated carbocycles. The number of rotatable bonds is 2. The molecule has 0 aliphatic carbocycles. The third-order valence-corrected chi connectivity index (χ3v) is 2.73. The van der Waals surface area contributed by atoms with Crippen LogP contribution in [-0.4, -0.2) is 29.3 Å². The molecule has 3 heteroatoms. The number of amides is 1. The third-order valence-electron chi connectivity index (χ3n) is 2.36. The molecule has 1 fully saturated rings. The summed E-state index contributed by atoms with van der Waals surface area (Å²) in [7, 11) is 0. The smallest absolute Gasteiger partial charge is 0.244 e. The summed E-state index contributed by atoms with van der Waals surface area (Å²) < 4.78 is 0. The highest BCUT2D eigenvalue weighted by molar-refractivity contribution is 6.32. The van der Waals surface area contributed by atoms with E-state index < -0.39 is 5.38 Å². The normalized spacial score (nSPS) is 20.5. The van der Waals surface area contributed by atoms with Crippen LogP contribution in [0.2, 0.25) is 0 Å². The molecule has 1 rings (SSSR count).